The molecule has 3 aromatic rings. The van der Waals surface area contributed by atoms with E-state index >= 15 is 0 Å². The van der Waals surface area contributed by atoms with Crippen LogP contribution in [0.1, 0.15) is 29.5 Å². The number of ether oxygens (including phenoxy) is 1. The Morgan fingerprint density at radius 3 is 2.77 bits per heavy atom. The van der Waals surface area contributed by atoms with Gasteiger partial charge in [0.05, 0.1) is 18.7 Å². The fourth-order valence-electron chi connectivity index (χ4n) is 3.14. The predicted octanol–water partition coefficient (Wildman–Crippen LogP) is 5.16. The smallest absolute Gasteiger partial charge is 0.305 e. The normalized spacial score (nSPS) is 10.7. The summed E-state index contributed by atoms with van der Waals surface area (Å²) in [5.74, 6) is -0.216. The largest absolute Gasteiger partial charge is 0.469 e. The number of nitrogens with one attached hydrogen (secondary N) is 1. The van der Waals surface area contributed by atoms with E-state index in [4.69, 9.17) is 16.3 Å². The van der Waals surface area contributed by atoms with Crippen LogP contribution in [-0.4, -0.2) is 18.1 Å². The fourth-order valence-corrected chi connectivity index (χ4v) is 3.25. The van der Waals surface area contributed by atoms with Crippen molar-refractivity contribution in [2.75, 3.05) is 7.11 Å². The lowest BCUT2D eigenvalue weighted by Crippen LogP contribution is -2.00. The first-order chi connectivity index (χ1) is 12.5. The highest BCUT2D eigenvalue weighted by molar-refractivity contribution is 6.31. The highest BCUT2D eigenvalue weighted by Crippen LogP contribution is 2.33. The van der Waals surface area contributed by atoms with Crippen molar-refractivity contribution in [3.05, 3.63) is 58.1 Å². The van der Waals surface area contributed by atoms with Gasteiger partial charge in [-0.2, -0.15) is 5.26 Å². The molecule has 26 heavy (non-hydrogen) atoms. The number of aromatic amines is 1. The molecule has 0 aliphatic rings. The lowest BCUT2D eigenvalue weighted by Gasteiger charge is -2.07. The quantitative estimate of drug-likeness (QED) is 0.634. The molecule has 5 heteroatoms. The van der Waals surface area contributed by atoms with Gasteiger partial charge in [-0.3, -0.25) is 4.79 Å². The van der Waals surface area contributed by atoms with Gasteiger partial charge in [-0.05, 0) is 66.8 Å². The third kappa shape index (κ3) is 3.58. The molecule has 1 aromatic heterocycles. The van der Waals surface area contributed by atoms with Gasteiger partial charge in [0.2, 0.25) is 0 Å². The van der Waals surface area contributed by atoms with E-state index in [1.54, 1.807) is 6.07 Å². The maximum atomic E-state index is 11.5. The van der Waals surface area contributed by atoms with Crippen LogP contribution in [0.5, 0.6) is 0 Å². The van der Waals surface area contributed by atoms with Gasteiger partial charge in [-0.1, -0.05) is 17.7 Å². The molecular weight excluding hydrogens is 348 g/mol. The Hall–Kier alpha value is -2.77. The Labute approximate surface area is 157 Å². The predicted molar refractivity (Wildman–Crippen MR) is 103 cm³/mol. The first kappa shape index (κ1) is 18.0. The van der Waals surface area contributed by atoms with E-state index < -0.39 is 0 Å². The highest BCUT2D eigenvalue weighted by atomic mass is 35.5. The summed E-state index contributed by atoms with van der Waals surface area (Å²) in [6.07, 6.45) is 1.75. The second kappa shape index (κ2) is 7.63. The van der Waals surface area contributed by atoms with Gasteiger partial charge in [-0.25, -0.2) is 0 Å². The first-order valence-electron chi connectivity index (χ1n) is 8.41. The maximum Gasteiger partial charge on any atom is 0.305 e. The number of carbonyl (C=O) groups excluding carboxylic acids is 1. The first-order valence-corrected chi connectivity index (χ1v) is 8.79. The molecule has 0 aliphatic carbocycles. The van der Waals surface area contributed by atoms with Crippen LogP contribution in [0.3, 0.4) is 0 Å². The molecule has 132 valence electrons. The number of H-pyrrole nitrogens is 1. The zero-order chi connectivity index (χ0) is 18.7. The molecule has 0 spiro atoms. The molecule has 4 nitrogen and oxygen atoms in total. The van der Waals surface area contributed by atoms with Gasteiger partial charge < -0.3 is 9.72 Å². The summed E-state index contributed by atoms with van der Waals surface area (Å²) in [4.78, 5) is 14.9. The maximum absolute atomic E-state index is 11.5. The molecule has 2 aromatic carbocycles. The van der Waals surface area contributed by atoms with Crippen LogP contribution in [0.2, 0.25) is 5.02 Å². The summed E-state index contributed by atoms with van der Waals surface area (Å²) in [5.41, 5.74) is 5.72. The number of methoxy groups -OCH3 is 1. The van der Waals surface area contributed by atoms with Gasteiger partial charge in [-0.15, -0.1) is 0 Å². The lowest BCUT2D eigenvalue weighted by atomic mass is 9.98. The van der Waals surface area contributed by atoms with Crippen molar-refractivity contribution < 1.29 is 9.53 Å². The van der Waals surface area contributed by atoms with Crippen LogP contribution in [-0.2, 0) is 16.0 Å². The summed E-state index contributed by atoms with van der Waals surface area (Å²) in [7, 11) is 1.40. The third-order valence-corrected chi connectivity index (χ3v) is 4.94. The van der Waals surface area contributed by atoms with Gasteiger partial charge in [0.15, 0.2) is 0 Å². The number of carbonyl (C=O) groups is 1. The van der Waals surface area contributed by atoms with Crippen molar-refractivity contribution in [3.8, 4) is 17.3 Å². The molecule has 0 fully saturated rings. The number of halogens is 1. The number of hydrogen-bond donors (Lipinski definition) is 1. The van der Waals surface area contributed by atoms with Crippen molar-refractivity contribution in [3.63, 3.8) is 0 Å². The Morgan fingerprint density at radius 1 is 1.27 bits per heavy atom. The molecule has 3 rings (SSSR count). The molecule has 0 bridgehead atoms. The van der Waals surface area contributed by atoms with E-state index in [-0.39, 0.29) is 5.97 Å². The highest BCUT2D eigenvalue weighted by Gasteiger charge is 2.15. The zero-order valence-corrected chi connectivity index (χ0v) is 15.5. The summed E-state index contributed by atoms with van der Waals surface area (Å²) >= 11 is 6.16. The Balaban J connectivity index is 2.08. The van der Waals surface area contributed by atoms with E-state index in [0.29, 0.717) is 24.8 Å². The van der Waals surface area contributed by atoms with Crippen molar-refractivity contribution >= 4 is 28.5 Å². The van der Waals surface area contributed by atoms with Crippen molar-refractivity contribution in [2.24, 2.45) is 0 Å². The zero-order valence-electron chi connectivity index (χ0n) is 14.7. The topological polar surface area (TPSA) is 65.9 Å². The molecular formula is C21H19ClN2O2. The fraction of sp³-hybridized carbons (Fsp3) is 0.238. The summed E-state index contributed by atoms with van der Waals surface area (Å²) in [6, 6.07) is 13.7. The SMILES string of the molecule is COC(=O)CCCc1c(-c2ccc(Cl)c(C)c2)[nH]c2ccc(C#N)cc12. The van der Waals surface area contributed by atoms with E-state index in [2.05, 4.69) is 11.1 Å². The van der Waals surface area contributed by atoms with E-state index in [0.717, 1.165) is 38.3 Å². The number of esters is 1. The van der Waals surface area contributed by atoms with Crippen LogP contribution in [0, 0.1) is 18.3 Å². The second-order valence-electron chi connectivity index (χ2n) is 6.24. The molecule has 0 amide bonds. The molecule has 1 N–H and O–H groups in total. The summed E-state index contributed by atoms with van der Waals surface area (Å²) in [6.45, 7) is 1.97. The summed E-state index contributed by atoms with van der Waals surface area (Å²) in [5, 5.41) is 11.0. The molecule has 1 heterocycles. The van der Waals surface area contributed by atoms with Crippen LogP contribution >= 0.6 is 11.6 Å². The molecule has 0 aliphatic heterocycles. The standard InChI is InChI=1S/C21H19ClN2O2/c1-13-10-15(7-8-18(13)22)21-16(4-3-5-20(25)26-2)17-11-14(12-23)6-9-19(17)24-21/h6-11,24H,3-5H2,1-2H3. The third-order valence-electron chi connectivity index (χ3n) is 4.52. The molecule has 0 radical (unpaired) electrons. The number of hydrogen-bond acceptors (Lipinski definition) is 3. The van der Waals surface area contributed by atoms with Crippen molar-refractivity contribution in [1.29, 1.82) is 5.26 Å². The Kier molecular flexibility index (Phi) is 5.29. The van der Waals surface area contributed by atoms with E-state index in [9.17, 15) is 10.1 Å². The Bertz CT molecular complexity index is 1010. The van der Waals surface area contributed by atoms with E-state index in [1.165, 1.54) is 7.11 Å². The molecule has 0 atom stereocenters. The van der Waals surface area contributed by atoms with Crippen LogP contribution < -0.4 is 0 Å². The number of fused-ring (bicyclic) bond motifs is 1. The minimum absolute atomic E-state index is 0.216. The monoisotopic (exact) mass is 366 g/mol. The van der Waals surface area contributed by atoms with Gasteiger partial charge in [0.1, 0.15) is 0 Å². The van der Waals surface area contributed by atoms with E-state index in [1.807, 2.05) is 37.3 Å². The number of nitriles is 1. The Morgan fingerprint density at radius 2 is 2.08 bits per heavy atom. The number of benzene rings is 2. The number of aromatic nitrogens is 1. The number of rotatable bonds is 5. The van der Waals surface area contributed by atoms with Gasteiger partial charge in [0, 0.05) is 28.0 Å². The van der Waals surface area contributed by atoms with Crippen LogP contribution in [0.25, 0.3) is 22.2 Å². The lowest BCUT2D eigenvalue weighted by molar-refractivity contribution is -0.140. The average molecular weight is 367 g/mol. The number of nitrogens with zero attached hydrogens (tertiary/aromatic N) is 1. The van der Waals surface area contributed by atoms with Crippen molar-refractivity contribution in [1.82, 2.24) is 4.98 Å². The molecule has 0 saturated heterocycles. The average Bonchev–Trinajstić information content (AvgIpc) is 3.01. The number of aryl methyl sites for hydroxylation is 2. The molecule has 0 saturated carbocycles. The van der Waals surface area contributed by atoms with Crippen LogP contribution in [0.4, 0.5) is 0 Å². The summed E-state index contributed by atoms with van der Waals surface area (Å²) < 4.78 is 4.73. The second-order valence-corrected chi connectivity index (χ2v) is 6.65. The van der Waals surface area contributed by atoms with Gasteiger partial charge >= 0.3 is 5.97 Å². The molecule has 0 unspecified atom stereocenters. The minimum atomic E-state index is -0.216. The minimum Gasteiger partial charge on any atom is -0.469 e. The van der Waals surface area contributed by atoms with Crippen molar-refractivity contribution in [2.45, 2.75) is 26.2 Å². The van der Waals surface area contributed by atoms with Crippen LogP contribution in [0.15, 0.2) is 36.4 Å². The van der Waals surface area contributed by atoms with Gasteiger partial charge in [0.25, 0.3) is 0 Å².